The number of anilines is 3. The molecule has 0 saturated carbocycles. The summed E-state index contributed by atoms with van der Waals surface area (Å²) in [7, 11) is 11.8. The maximum Gasteiger partial charge on any atom is 0.416 e. The van der Waals surface area contributed by atoms with Crippen LogP contribution in [0.1, 0.15) is 33.9 Å². The van der Waals surface area contributed by atoms with Crippen LogP contribution in [0.4, 0.5) is 39.0 Å². The van der Waals surface area contributed by atoms with E-state index in [2.05, 4.69) is 30.4 Å². The van der Waals surface area contributed by atoms with Crippen LogP contribution in [-0.4, -0.2) is 32.9 Å². The summed E-state index contributed by atoms with van der Waals surface area (Å²) >= 11 is 6.46. The van der Waals surface area contributed by atoms with Crippen molar-refractivity contribution in [3.63, 3.8) is 0 Å². The number of rotatable bonds is 6. The third kappa shape index (κ3) is 5.21. The molecule has 4 radical (unpaired) electrons. The number of nitrogens with zero attached hydrogens (tertiary/aromatic N) is 3. The summed E-state index contributed by atoms with van der Waals surface area (Å²) in [4.78, 5) is 2.48. The number of benzene rings is 3. The van der Waals surface area contributed by atoms with E-state index in [4.69, 9.17) is 27.3 Å². The zero-order valence-electron chi connectivity index (χ0n) is 22.2. The lowest BCUT2D eigenvalue weighted by molar-refractivity contribution is -0.137. The lowest BCUT2D eigenvalue weighted by atomic mass is 9.71. The molecule has 0 bridgehead atoms. The van der Waals surface area contributed by atoms with Crippen LogP contribution < -0.4 is 20.4 Å². The number of fused-ring (bicyclic) bond motifs is 3. The van der Waals surface area contributed by atoms with Crippen molar-refractivity contribution >= 4 is 55.7 Å². The van der Waals surface area contributed by atoms with Gasteiger partial charge in [-0.1, -0.05) is 31.3 Å². The highest BCUT2D eigenvalue weighted by Crippen LogP contribution is 2.55. The van der Waals surface area contributed by atoms with Crippen LogP contribution in [-0.2, 0) is 6.18 Å². The number of aliphatic hydroxyl groups is 1. The Hall–Kier alpha value is -4.40. The van der Waals surface area contributed by atoms with Gasteiger partial charge in [-0.15, -0.1) is 0 Å². The van der Waals surface area contributed by atoms with E-state index in [1.165, 1.54) is 23.1 Å². The van der Waals surface area contributed by atoms with E-state index in [0.29, 0.717) is 17.2 Å². The van der Waals surface area contributed by atoms with Crippen molar-refractivity contribution in [2.24, 2.45) is 0 Å². The average Bonchev–Trinajstić information content (AvgIpc) is 3.39. The lowest BCUT2D eigenvalue weighted by Gasteiger charge is -2.36. The van der Waals surface area contributed by atoms with Crippen LogP contribution >= 0.6 is 11.6 Å². The minimum atomic E-state index is -4.82. The van der Waals surface area contributed by atoms with E-state index in [0.717, 1.165) is 23.1 Å². The summed E-state index contributed by atoms with van der Waals surface area (Å²) in [5, 5.41) is 26.5. The molecule has 5 rings (SSSR count). The predicted molar refractivity (Wildman–Crippen MR) is 157 cm³/mol. The molecule has 0 aromatic heterocycles. The van der Waals surface area contributed by atoms with Crippen LogP contribution in [0.2, 0.25) is 5.02 Å². The smallest absolute Gasteiger partial charge is 0.389 e. The molecule has 0 spiro atoms. The van der Waals surface area contributed by atoms with Gasteiger partial charge in [0.15, 0.2) is 0 Å². The minimum absolute atomic E-state index is 0.0298. The molecule has 14 heteroatoms. The monoisotopic (exact) mass is 605 g/mol. The fourth-order valence-corrected chi connectivity index (χ4v) is 5.51. The van der Waals surface area contributed by atoms with Gasteiger partial charge in [0.05, 0.1) is 34.6 Å². The summed E-state index contributed by atoms with van der Waals surface area (Å²) in [6.45, 7) is 11.6. The third-order valence-corrected chi connectivity index (χ3v) is 7.37. The Morgan fingerprint density at radius 2 is 1.81 bits per heavy atom. The highest BCUT2D eigenvalue weighted by atomic mass is 35.5. The molecule has 1 unspecified atom stereocenters. The lowest BCUT2D eigenvalue weighted by Crippen LogP contribution is -2.50. The van der Waals surface area contributed by atoms with E-state index in [1.807, 2.05) is 6.07 Å². The highest BCUT2D eigenvalue weighted by Gasteiger charge is 2.44. The van der Waals surface area contributed by atoms with Crippen molar-refractivity contribution in [3.05, 3.63) is 112 Å². The Morgan fingerprint density at radius 1 is 1.12 bits per heavy atom. The van der Waals surface area contributed by atoms with Gasteiger partial charge in [-0.2, -0.15) is 18.4 Å². The average molecular weight is 606 g/mol. The highest BCUT2D eigenvalue weighted by molar-refractivity contribution is 6.41. The van der Waals surface area contributed by atoms with Gasteiger partial charge < -0.3 is 25.5 Å². The maximum absolute atomic E-state index is 14.4. The first-order chi connectivity index (χ1) is 20.0. The van der Waals surface area contributed by atoms with Crippen molar-refractivity contribution in [2.45, 2.75) is 17.7 Å². The molecule has 3 N–H and O–H groups in total. The third-order valence-electron chi connectivity index (χ3n) is 7.03. The Bertz CT molecular complexity index is 1770. The minimum Gasteiger partial charge on any atom is -0.389 e. The quantitative estimate of drug-likeness (QED) is 0.183. The number of hydrogen-bond donors (Lipinski definition) is 3. The molecular weight excluding hydrogens is 586 g/mol. The first-order valence-corrected chi connectivity index (χ1v) is 12.8. The Morgan fingerprint density at radius 3 is 2.44 bits per heavy atom. The number of nitriles is 1. The van der Waals surface area contributed by atoms with Gasteiger partial charge in [-0.3, -0.25) is 0 Å². The first-order valence-electron chi connectivity index (χ1n) is 12.4. The SMILES string of the molecule is [B]C([B])(O)N1C(=C)N(CC#N)c2cc(NC(=C)c3cc(F)cc(C(F)(F)F)c3)c3c(c21)C(=C)NC3c1cc(F)ccc1Cl. The van der Waals surface area contributed by atoms with Gasteiger partial charge >= 0.3 is 6.18 Å². The summed E-state index contributed by atoms with van der Waals surface area (Å²) in [6, 6.07) is 8.27. The molecule has 3 aromatic carbocycles. The van der Waals surface area contributed by atoms with Gasteiger partial charge in [-0.05, 0) is 42.5 Å². The van der Waals surface area contributed by atoms with Crippen molar-refractivity contribution in [1.82, 2.24) is 5.32 Å². The Labute approximate surface area is 251 Å². The van der Waals surface area contributed by atoms with Crippen molar-refractivity contribution in [2.75, 3.05) is 21.7 Å². The molecule has 0 aliphatic carbocycles. The molecule has 3 aromatic rings. The van der Waals surface area contributed by atoms with E-state index < -0.39 is 34.9 Å². The number of alkyl halides is 3. The Balaban J connectivity index is 1.77. The molecule has 43 heavy (non-hydrogen) atoms. The van der Waals surface area contributed by atoms with E-state index in [-0.39, 0.29) is 57.0 Å². The van der Waals surface area contributed by atoms with Crippen LogP contribution in [0, 0.1) is 23.0 Å². The summed E-state index contributed by atoms with van der Waals surface area (Å²) in [5.41, 5.74) is -2.25. The second-order valence-electron chi connectivity index (χ2n) is 9.91. The molecule has 214 valence electrons. The molecule has 2 aliphatic rings. The normalized spacial score (nSPS) is 16.1. The number of halogens is 6. The summed E-state index contributed by atoms with van der Waals surface area (Å²) in [6.07, 6.45) is -4.82. The molecule has 2 heterocycles. The van der Waals surface area contributed by atoms with Crippen molar-refractivity contribution in [3.8, 4) is 6.07 Å². The number of hydrogen-bond acceptors (Lipinski definition) is 6. The molecule has 1 atom stereocenters. The van der Waals surface area contributed by atoms with Gasteiger partial charge in [-0.25, -0.2) is 8.78 Å². The molecule has 2 aliphatic heterocycles. The summed E-state index contributed by atoms with van der Waals surface area (Å²) in [5.74, 6) is -1.71. The fourth-order valence-electron chi connectivity index (χ4n) is 5.29. The molecule has 0 amide bonds. The van der Waals surface area contributed by atoms with Crippen molar-refractivity contribution < 1.29 is 27.1 Å². The second kappa shape index (κ2) is 10.4. The van der Waals surface area contributed by atoms with Crippen LogP contribution in [0.3, 0.4) is 0 Å². The fraction of sp³-hybridized carbons (Fsp3) is 0.138. The molecular formula is C29H19B2ClF5N5O. The van der Waals surface area contributed by atoms with Gasteiger partial charge in [0, 0.05) is 44.4 Å². The largest absolute Gasteiger partial charge is 0.416 e. The van der Waals surface area contributed by atoms with Crippen LogP contribution in [0.25, 0.3) is 11.4 Å². The van der Waals surface area contributed by atoms with Gasteiger partial charge in [0.2, 0.25) is 0 Å². The van der Waals surface area contributed by atoms with Crippen LogP contribution in [0.15, 0.2) is 68.0 Å². The Kier molecular flexibility index (Phi) is 7.27. The van der Waals surface area contributed by atoms with Crippen molar-refractivity contribution in [1.29, 1.82) is 5.26 Å². The number of nitrogens with one attached hydrogen (secondary N) is 2. The zero-order valence-corrected chi connectivity index (χ0v) is 22.9. The predicted octanol–water partition coefficient (Wildman–Crippen LogP) is 5.94. The van der Waals surface area contributed by atoms with E-state index >= 15 is 0 Å². The molecule has 0 fully saturated rings. The van der Waals surface area contributed by atoms with Gasteiger partial charge in [0.1, 0.15) is 39.7 Å². The van der Waals surface area contributed by atoms with E-state index in [1.54, 1.807) is 0 Å². The topological polar surface area (TPSA) is 74.6 Å². The van der Waals surface area contributed by atoms with Gasteiger partial charge in [0.25, 0.3) is 0 Å². The first kappa shape index (κ1) is 30.1. The second-order valence-corrected chi connectivity index (χ2v) is 10.3. The molecule has 0 saturated heterocycles. The zero-order chi connectivity index (χ0) is 31.6. The van der Waals surface area contributed by atoms with Crippen LogP contribution in [0.5, 0.6) is 0 Å². The van der Waals surface area contributed by atoms with E-state index in [9.17, 15) is 32.3 Å². The molecule has 6 nitrogen and oxygen atoms in total. The summed E-state index contributed by atoms with van der Waals surface area (Å²) < 4.78 is 69.0. The standard InChI is InChI=1S/C29H19B2ClF5N5O/c1-13(16-8-17(28(35,36)37)10-19(34)9-16)39-22-12-23-27(42(29(30,31)43)15(3)41(23)7-6-38)24-14(2)40-26(25(22)24)20-11-18(33)4-5-21(20)32/h4-5,8-12,26,39-40,43H,1-3,7H2. The maximum atomic E-state index is 14.4.